The highest BCUT2D eigenvalue weighted by atomic mass is 79.9. The van der Waals surface area contributed by atoms with Crippen LogP contribution in [-0.2, 0) is 6.61 Å². The summed E-state index contributed by atoms with van der Waals surface area (Å²) in [5.74, 6) is 0.874. The molecule has 4 heteroatoms. The predicted molar refractivity (Wildman–Crippen MR) is 75.4 cm³/mol. The van der Waals surface area contributed by atoms with Gasteiger partial charge in [0.2, 0.25) is 0 Å². The van der Waals surface area contributed by atoms with Gasteiger partial charge in [-0.25, -0.2) is 0 Å². The molecule has 0 bridgehead atoms. The van der Waals surface area contributed by atoms with Gasteiger partial charge in [-0.15, -0.1) is 11.3 Å². The molecular weight excluding hydrogens is 298 g/mol. The molecule has 0 saturated carbocycles. The number of hydrogen-bond donors (Lipinski definition) is 1. The first-order valence-electron chi connectivity index (χ1n) is 5.37. The molecular formula is C13H14BrNOS. The Kier molecular flexibility index (Phi) is 4.20. The van der Waals surface area contributed by atoms with Gasteiger partial charge in [0, 0.05) is 10.9 Å². The van der Waals surface area contributed by atoms with E-state index in [-0.39, 0.29) is 6.04 Å². The summed E-state index contributed by atoms with van der Waals surface area (Å²) in [6.07, 6.45) is 0. The zero-order valence-electron chi connectivity index (χ0n) is 9.52. The van der Waals surface area contributed by atoms with E-state index < -0.39 is 0 Å². The molecule has 0 saturated heterocycles. The second kappa shape index (κ2) is 5.67. The Morgan fingerprint density at radius 3 is 2.47 bits per heavy atom. The van der Waals surface area contributed by atoms with E-state index in [9.17, 15) is 0 Å². The van der Waals surface area contributed by atoms with Gasteiger partial charge in [0.05, 0.1) is 3.79 Å². The van der Waals surface area contributed by atoms with E-state index in [0.717, 1.165) is 15.1 Å². The van der Waals surface area contributed by atoms with Gasteiger partial charge in [-0.2, -0.15) is 0 Å². The van der Waals surface area contributed by atoms with Crippen molar-refractivity contribution in [3.63, 3.8) is 0 Å². The molecule has 1 heterocycles. The fourth-order valence-electron chi connectivity index (χ4n) is 1.45. The minimum atomic E-state index is 0.0669. The maximum Gasteiger partial charge on any atom is 0.122 e. The van der Waals surface area contributed by atoms with Crippen LogP contribution in [0.15, 0.2) is 40.2 Å². The topological polar surface area (TPSA) is 35.2 Å². The lowest BCUT2D eigenvalue weighted by molar-refractivity contribution is 0.309. The van der Waals surface area contributed by atoms with E-state index in [2.05, 4.69) is 22.0 Å². The number of hydrogen-bond acceptors (Lipinski definition) is 3. The Morgan fingerprint density at radius 1 is 1.24 bits per heavy atom. The predicted octanol–water partition coefficient (Wildman–Crippen LogP) is 4.11. The lowest BCUT2D eigenvalue weighted by atomic mass is 10.1. The van der Waals surface area contributed by atoms with Gasteiger partial charge in [-0.05, 0) is 52.7 Å². The monoisotopic (exact) mass is 311 g/mol. The van der Waals surface area contributed by atoms with Crippen molar-refractivity contribution in [2.45, 2.75) is 19.6 Å². The SMILES string of the molecule is C[C@@H](N)c1ccc(OCc2ccc(Br)s2)cc1. The van der Waals surface area contributed by atoms with E-state index in [1.54, 1.807) is 11.3 Å². The molecule has 17 heavy (non-hydrogen) atoms. The van der Waals surface area contributed by atoms with Crippen LogP contribution in [0, 0.1) is 0 Å². The van der Waals surface area contributed by atoms with Crippen molar-refractivity contribution < 1.29 is 4.74 Å². The number of ether oxygens (including phenoxy) is 1. The number of nitrogens with two attached hydrogens (primary N) is 1. The Hall–Kier alpha value is -0.840. The third-order valence-electron chi connectivity index (χ3n) is 2.42. The van der Waals surface area contributed by atoms with Crippen LogP contribution in [0.1, 0.15) is 23.4 Å². The average molecular weight is 312 g/mol. The summed E-state index contributed by atoms with van der Waals surface area (Å²) in [6, 6.07) is 12.1. The minimum Gasteiger partial charge on any atom is -0.488 e. The number of rotatable bonds is 4. The standard InChI is InChI=1S/C13H14BrNOS/c1-9(15)10-2-4-11(5-3-10)16-8-12-6-7-13(14)17-12/h2-7,9H,8,15H2,1H3/t9-/m1/s1. The normalized spacial score (nSPS) is 12.4. The summed E-state index contributed by atoms with van der Waals surface area (Å²) in [5, 5.41) is 0. The van der Waals surface area contributed by atoms with Crippen LogP contribution >= 0.6 is 27.3 Å². The van der Waals surface area contributed by atoms with Gasteiger partial charge in [0.1, 0.15) is 12.4 Å². The summed E-state index contributed by atoms with van der Waals surface area (Å²) in [6.45, 7) is 2.58. The molecule has 0 spiro atoms. The first kappa shape index (κ1) is 12.6. The molecule has 0 radical (unpaired) electrons. The molecule has 2 aromatic rings. The smallest absolute Gasteiger partial charge is 0.122 e. The molecule has 2 N–H and O–H groups in total. The van der Waals surface area contributed by atoms with E-state index in [0.29, 0.717) is 6.61 Å². The zero-order chi connectivity index (χ0) is 12.3. The van der Waals surface area contributed by atoms with Crippen LogP contribution in [0.25, 0.3) is 0 Å². The van der Waals surface area contributed by atoms with Crippen LogP contribution in [0.5, 0.6) is 5.75 Å². The second-order valence-corrected chi connectivity index (χ2v) is 6.40. The van der Waals surface area contributed by atoms with E-state index in [4.69, 9.17) is 10.5 Å². The molecule has 2 nitrogen and oxygen atoms in total. The van der Waals surface area contributed by atoms with Crippen LogP contribution < -0.4 is 10.5 Å². The van der Waals surface area contributed by atoms with Crippen LogP contribution in [0.4, 0.5) is 0 Å². The summed E-state index contributed by atoms with van der Waals surface area (Å²) in [4.78, 5) is 1.20. The van der Waals surface area contributed by atoms with Crippen LogP contribution in [0.2, 0.25) is 0 Å². The molecule has 1 aromatic heterocycles. The third kappa shape index (κ3) is 3.56. The molecule has 0 fully saturated rings. The first-order chi connectivity index (χ1) is 8.15. The van der Waals surface area contributed by atoms with Gasteiger partial charge in [-0.1, -0.05) is 12.1 Å². The highest BCUT2D eigenvalue weighted by Gasteiger charge is 2.01. The second-order valence-electron chi connectivity index (χ2n) is 3.85. The Bertz CT molecular complexity index is 478. The summed E-state index contributed by atoms with van der Waals surface area (Å²) >= 11 is 5.12. The van der Waals surface area contributed by atoms with Crippen molar-refractivity contribution in [1.82, 2.24) is 0 Å². The maximum absolute atomic E-state index is 5.79. The number of thiophene rings is 1. The lowest BCUT2D eigenvalue weighted by Crippen LogP contribution is -2.04. The molecule has 0 aliphatic heterocycles. The van der Waals surface area contributed by atoms with E-state index in [1.807, 2.05) is 37.3 Å². The summed E-state index contributed by atoms with van der Waals surface area (Å²) in [5.41, 5.74) is 6.91. The molecule has 2 rings (SSSR count). The van der Waals surface area contributed by atoms with Crippen molar-refractivity contribution in [2.24, 2.45) is 5.73 Å². The number of benzene rings is 1. The van der Waals surface area contributed by atoms with Crippen LogP contribution in [0.3, 0.4) is 0 Å². The largest absolute Gasteiger partial charge is 0.488 e. The molecule has 1 atom stereocenters. The van der Waals surface area contributed by atoms with Gasteiger partial charge in [0.15, 0.2) is 0 Å². The number of halogens is 1. The highest BCUT2D eigenvalue weighted by Crippen LogP contribution is 2.24. The average Bonchev–Trinajstić information content (AvgIpc) is 2.73. The Labute approximate surface area is 114 Å². The quantitative estimate of drug-likeness (QED) is 0.922. The summed E-state index contributed by atoms with van der Waals surface area (Å²) < 4.78 is 6.82. The van der Waals surface area contributed by atoms with Crippen molar-refractivity contribution in [2.75, 3.05) is 0 Å². The van der Waals surface area contributed by atoms with Crippen molar-refractivity contribution in [1.29, 1.82) is 0 Å². The van der Waals surface area contributed by atoms with E-state index in [1.165, 1.54) is 4.88 Å². The fourth-order valence-corrected chi connectivity index (χ4v) is 2.85. The molecule has 0 amide bonds. The van der Waals surface area contributed by atoms with Gasteiger partial charge < -0.3 is 10.5 Å². The minimum absolute atomic E-state index is 0.0669. The molecule has 90 valence electrons. The maximum atomic E-state index is 5.79. The highest BCUT2D eigenvalue weighted by molar-refractivity contribution is 9.11. The first-order valence-corrected chi connectivity index (χ1v) is 6.98. The third-order valence-corrected chi connectivity index (χ3v) is 4.01. The lowest BCUT2D eigenvalue weighted by Gasteiger charge is -2.08. The summed E-state index contributed by atoms with van der Waals surface area (Å²) in [7, 11) is 0. The molecule has 0 unspecified atom stereocenters. The Morgan fingerprint density at radius 2 is 1.94 bits per heavy atom. The zero-order valence-corrected chi connectivity index (χ0v) is 11.9. The van der Waals surface area contributed by atoms with Crippen molar-refractivity contribution in [3.05, 3.63) is 50.6 Å². The molecule has 0 aliphatic carbocycles. The van der Waals surface area contributed by atoms with Crippen LogP contribution in [-0.4, -0.2) is 0 Å². The van der Waals surface area contributed by atoms with Gasteiger partial charge in [-0.3, -0.25) is 0 Å². The molecule has 0 aliphatic rings. The van der Waals surface area contributed by atoms with Crippen molar-refractivity contribution in [3.8, 4) is 5.75 Å². The fraction of sp³-hybridized carbons (Fsp3) is 0.231. The molecule has 1 aromatic carbocycles. The van der Waals surface area contributed by atoms with Gasteiger partial charge >= 0.3 is 0 Å². The van der Waals surface area contributed by atoms with Crippen molar-refractivity contribution >= 4 is 27.3 Å². The van der Waals surface area contributed by atoms with E-state index >= 15 is 0 Å². The Balaban J connectivity index is 1.95. The van der Waals surface area contributed by atoms with Gasteiger partial charge in [0.25, 0.3) is 0 Å².